The van der Waals surface area contributed by atoms with E-state index in [1.807, 2.05) is 17.0 Å². The second kappa shape index (κ2) is 7.45. The zero-order chi connectivity index (χ0) is 17.1. The fourth-order valence-corrected chi connectivity index (χ4v) is 4.03. The van der Waals surface area contributed by atoms with Crippen LogP contribution in [0.15, 0.2) is 18.3 Å². The first kappa shape index (κ1) is 17.0. The van der Waals surface area contributed by atoms with E-state index in [4.69, 9.17) is 14.2 Å². The normalized spacial score (nSPS) is 31.4. The molecule has 1 aromatic heterocycles. The fraction of sp³-hybridized carbons (Fsp3) is 0.722. The Morgan fingerprint density at radius 1 is 1.24 bits per heavy atom. The largest absolute Gasteiger partial charge is 0.379 e. The third-order valence-electron chi connectivity index (χ3n) is 5.37. The molecule has 1 amide bonds. The predicted octanol–water partition coefficient (Wildman–Crippen LogP) is 0.737. The van der Waals surface area contributed by atoms with Crippen molar-refractivity contribution in [1.29, 1.82) is 0 Å². The van der Waals surface area contributed by atoms with Gasteiger partial charge in [0.1, 0.15) is 11.3 Å². The molecule has 3 saturated heterocycles. The number of morpholine rings is 1. The smallest absolute Gasteiger partial charge is 0.270 e. The lowest BCUT2D eigenvalue weighted by Gasteiger charge is -2.33. The molecular formula is C18H27N3O4. The third kappa shape index (κ3) is 3.89. The van der Waals surface area contributed by atoms with Gasteiger partial charge in [-0.2, -0.15) is 0 Å². The maximum atomic E-state index is 12.7. The molecule has 3 aliphatic heterocycles. The van der Waals surface area contributed by atoms with E-state index in [0.717, 1.165) is 45.7 Å². The number of H-pyrrole nitrogens is 1. The second-order valence-corrected chi connectivity index (χ2v) is 7.24. The van der Waals surface area contributed by atoms with Crippen LogP contribution in [0.5, 0.6) is 0 Å². The van der Waals surface area contributed by atoms with Crippen LogP contribution < -0.4 is 0 Å². The average molecular weight is 349 g/mol. The van der Waals surface area contributed by atoms with Crippen molar-refractivity contribution >= 4 is 5.91 Å². The molecule has 0 aromatic carbocycles. The average Bonchev–Trinajstić information content (AvgIpc) is 3.24. The van der Waals surface area contributed by atoms with Gasteiger partial charge >= 0.3 is 0 Å². The summed E-state index contributed by atoms with van der Waals surface area (Å²) in [6.45, 7) is 6.84. The Kier molecular flexibility index (Phi) is 5.08. The standard InChI is InChI=1S/C18H27N3O4/c22-17(16-2-1-5-19-16)21-8-11-24-14-18(13-21)4-3-15(25-18)12-20-6-9-23-10-7-20/h1-2,5,15,19H,3-4,6-14H2. The highest BCUT2D eigenvalue weighted by Gasteiger charge is 2.44. The van der Waals surface area contributed by atoms with E-state index >= 15 is 0 Å². The Bertz CT molecular complexity index is 573. The molecule has 138 valence electrons. The van der Waals surface area contributed by atoms with Crippen molar-refractivity contribution in [1.82, 2.24) is 14.8 Å². The lowest BCUT2D eigenvalue weighted by atomic mass is 10.00. The van der Waals surface area contributed by atoms with Crippen LogP contribution >= 0.6 is 0 Å². The van der Waals surface area contributed by atoms with Crippen molar-refractivity contribution in [3.8, 4) is 0 Å². The number of nitrogens with one attached hydrogen (secondary N) is 1. The van der Waals surface area contributed by atoms with Crippen molar-refractivity contribution in [2.45, 2.75) is 24.5 Å². The number of rotatable bonds is 3. The molecule has 1 spiro atoms. The highest BCUT2D eigenvalue weighted by Crippen LogP contribution is 2.33. The maximum absolute atomic E-state index is 12.7. The van der Waals surface area contributed by atoms with Crippen molar-refractivity contribution in [2.24, 2.45) is 0 Å². The number of carbonyl (C=O) groups is 1. The van der Waals surface area contributed by atoms with Crippen LogP contribution in [-0.2, 0) is 14.2 Å². The molecule has 0 radical (unpaired) electrons. The van der Waals surface area contributed by atoms with E-state index in [1.165, 1.54) is 0 Å². The molecule has 4 heterocycles. The number of aromatic nitrogens is 1. The van der Waals surface area contributed by atoms with Crippen molar-refractivity contribution in [2.75, 3.05) is 59.2 Å². The molecule has 0 saturated carbocycles. The molecular weight excluding hydrogens is 322 g/mol. The second-order valence-electron chi connectivity index (χ2n) is 7.24. The minimum atomic E-state index is -0.365. The summed E-state index contributed by atoms with van der Waals surface area (Å²) in [5.74, 6) is 0.0232. The SMILES string of the molecule is O=C(c1ccc[nH]1)N1CCOCC2(CCC(CN3CCOCC3)O2)C1. The molecule has 7 nitrogen and oxygen atoms in total. The Balaban J connectivity index is 1.39. The highest BCUT2D eigenvalue weighted by molar-refractivity contribution is 5.92. The van der Waals surface area contributed by atoms with Gasteiger partial charge in [0.05, 0.1) is 39.1 Å². The molecule has 0 aliphatic carbocycles. The van der Waals surface area contributed by atoms with Crippen LogP contribution in [0.4, 0.5) is 0 Å². The van der Waals surface area contributed by atoms with Gasteiger partial charge < -0.3 is 24.1 Å². The van der Waals surface area contributed by atoms with Gasteiger partial charge in [0.15, 0.2) is 0 Å². The number of amides is 1. The van der Waals surface area contributed by atoms with Gasteiger partial charge in [-0.15, -0.1) is 0 Å². The molecule has 4 rings (SSSR count). The van der Waals surface area contributed by atoms with E-state index in [9.17, 15) is 4.79 Å². The Morgan fingerprint density at radius 2 is 2.08 bits per heavy atom. The zero-order valence-electron chi connectivity index (χ0n) is 14.6. The van der Waals surface area contributed by atoms with Gasteiger partial charge in [-0.25, -0.2) is 0 Å². The summed E-state index contributed by atoms with van der Waals surface area (Å²) >= 11 is 0. The van der Waals surface area contributed by atoms with Crippen LogP contribution in [0, 0.1) is 0 Å². The molecule has 2 unspecified atom stereocenters. The summed E-state index contributed by atoms with van der Waals surface area (Å²) in [6.07, 6.45) is 3.95. The molecule has 1 aromatic rings. The van der Waals surface area contributed by atoms with E-state index < -0.39 is 0 Å². The molecule has 1 N–H and O–H groups in total. The molecule has 3 aliphatic rings. The Hall–Kier alpha value is -1.41. The van der Waals surface area contributed by atoms with Gasteiger partial charge in [0.2, 0.25) is 0 Å². The van der Waals surface area contributed by atoms with Crippen molar-refractivity contribution in [3.05, 3.63) is 24.0 Å². The summed E-state index contributed by atoms with van der Waals surface area (Å²) in [4.78, 5) is 20.0. The number of ether oxygens (including phenoxy) is 3. The summed E-state index contributed by atoms with van der Waals surface area (Å²) < 4.78 is 17.7. The molecule has 2 atom stereocenters. The van der Waals surface area contributed by atoms with Gasteiger partial charge in [-0.3, -0.25) is 9.69 Å². The summed E-state index contributed by atoms with van der Waals surface area (Å²) in [6, 6.07) is 3.67. The van der Waals surface area contributed by atoms with Gasteiger partial charge in [-0.1, -0.05) is 0 Å². The van der Waals surface area contributed by atoms with Crippen LogP contribution in [0.3, 0.4) is 0 Å². The number of aromatic amines is 1. The topological polar surface area (TPSA) is 67.0 Å². The monoisotopic (exact) mass is 349 g/mol. The van der Waals surface area contributed by atoms with Crippen molar-refractivity contribution < 1.29 is 19.0 Å². The first-order valence-corrected chi connectivity index (χ1v) is 9.22. The summed E-state index contributed by atoms with van der Waals surface area (Å²) in [5.41, 5.74) is 0.260. The quantitative estimate of drug-likeness (QED) is 0.872. The molecule has 25 heavy (non-hydrogen) atoms. The van der Waals surface area contributed by atoms with Gasteiger partial charge in [0, 0.05) is 32.4 Å². The molecule has 7 heteroatoms. The fourth-order valence-electron chi connectivity index (χ4n) is 4.03. The van der Waals surface area contributed by atoms with Crippen molar-refractivity contribution in [3.63, 3.8) is 0 Å². The van der Waals surface area contributed by atoms with E-state index in [2.05, 4.69) is 9.88 Å². The highest BCUT2D eigenvalue weighted by atomic mass is 16.6. The lowest BCUT2D eigenvalue weighted by molar-refractivity contribution is -0.0945. The predicted molar refractivity (Wildman–Crippen MR) is 91.6 cm³/mol. The first-order valence-electron chi connectivity index (χ1n) is 9.22. The van der Waals surface area contributed by atoms with Crippen LogP contribution in [0.25, 0.3) is 0 Å². The summed E-state index contributed by atoms with van der Waals surface area (Å²) in [5, 5.41) is 0. The number of carbonyl (C=O) groups excluding carboxylic acids is 1. The molecule has 3 fully saturated rings. The lowest BCUT2D eigenvalue weighted by Crippen LogP contribution is -2.48. The number of hydrogen-bond donors (Lipinski definition) is 1. The van der Waals surface area contributed by atoms with Crippen LogP contribution in [0.2, 0.25) is 0 Å². The number of hydrogen-bond acceptors (Lipinski definition) is 5. The molecule has 0 bridgehead atoms. The van der Waals surface area contributed by atoms with Crippen LogP contribution in [-0.4, -0.2) is 91.5 Å². The number of nitrogens with zero attached hydrogens (tertiary/aromatic N) is 2. The van der Waals surface area contributed by atoms with E-state index in [-0.39, 0.29) is 17.6 Å². The Morgan fingerprint density at radius 3 is 2.88 bits per heavy atom. The van der Waals surface area contributed by atoms with E-state index in [1.54, 1.807) is 6.20 Å². The third-order valence-corrected chi connectivity index (χ3v) is 5.37. The minimum absolute atomic E-state index is 0.0232. The Labute approximate surface area is 148 Å². The first-order chi connectivity index (χ1) is 12.2. The van der Waals surface area contributed by atoms with Gasteiger partial charge in [0.25, 0.3) is 5.91 Å². The maximum Gasteiger partial charge on any atom is 0.270 e. The van der Waals surface area contributed by atoms with Gasteiger partial charge in [-0.05, 0) is 25.0 Å². The van der Waals surface area contributed by atoms with Crippen LogP contribution in [0.1, 0.15) is 23.3 Å². The van der Waals surface area contributed by atoms with E-state index in [0.29, 0.717) is 32.0 Å². The zero-order valence-corrected chi connectivity index (χ0v) is 14.6. The summed E-state index contributed by atoms with van der Waals surface area (Å²) in [7, 11) is 0. The minimum Gasteiger partial charge on any atom is -0.379 e.